The molecule has 0 amide bonds. The highest BCUT2D eigenvalue weighted by molar-refractivity contribution is 5.96. The van der Waals surface area contributed by atoms with Gasteiger partial charge in [-0.1, -0.05) is 42.5 Å². The van der Waals surface area contributed by atoms with Crippen LogP contribution in [0.2, 0.25) is 0 Å². The molecule has 152 valence electrons. The third-order valence-corrected chi connectivity index (χ3v) is 5.81. The molecule has 3 aromatic carbocycles. The number of aromatic hydroxyl groups is 1. The number of aromatic nitrogens is 1. The molecule has 5 nitrogen and oxygen atoms in total. The molecule has 2 aliphatic rings. The molecule has 0 spiro atoms. The van der Waals surface area contributed by atoms with E-state index in [0.29, 0.717) is 34.2 Å². The van der Waals surface area contributed by atoms with E-state index in [0.717, 1.165) is 10.9 Å². The molecule has 0 unspecified atom stereocenters. The van der Waals surface area contributed by atoms with E-state index in [-0.39, 0.29) is 5.75 Å². The molecule has 2 heterocycles. The number of fused-ring (bicyclic) bond motifs is 4. The van der Waals surface area contributed by atoms with E-state index in [2.05, 4.69) is 4.98 Å². The first-order valence-corrected chi connectivity index (χ1v) is 10.1. The number of hydrogen-bond acceptors (Lipinski definition) is 5. The smallest absolute Gasteiger partial charge is 0.219 e. The van der Waals surface area contributed by atoms with E-state index in [1.54, 1.807) is 36.4 Å². The zero-order valence-electron chi connectivity index (χ0n) is 18.7. The Bertz CT molecular complexity index is 1450. The number of nitrogens with zero attached hydrogens (tertiary/aromatic N) is 2. The Morgan fingerprint density at radius 2 is 1.94 bits per heavy atom. The summed E-state index contributed by atoms with van der Waals surface area (Å²) in [5.41, 5.74) is 1.84. The molecule has 1 aliphatic carbocycles. The van der Waals surface area contributed by atoms with Crippen LogP contribution in [-0.4, -0.2) is 22.1 Å². The highest BCUT2D eigenvalue weighted by atomic mass is 16.5. The van der Waals surface area contributed by atoms with Gasteiger partial charge in [-0.3, -0.25) is 0 Å². The van der Waals surface area contributed by atoms with Crippen molar-refractivity contribution >= 4 is 16.8 Å². The van der Waals surface area contributed by atoms with Gasteiger partial charge in [0, 0.05) is 26.1 Å². The SMILES string of the molecule is [2H]C1([2H])c2ccccc2[C@]2(C)N=C(c3cccc(Oc4ccc5cccc(O)c5n4)c3)O[C@H]12. The summed E-state index contributed by atoms with van der Waals surface area (Å²) in [5, 5.41) is 10.9. The van der Waals surface area contributed by atoms with Crippen molar-refractivity contribution in [1.82, 2.24) is 4.98 Å². The van der Waals surface area contributed by atoms with Gasteiger partial charge < -0.3 is 14.6 Å². The van der Waals surface area contributed by atoms with Crippen LogP contribution in [0.3, 0.4) is 0 Å². The number of phenolic OH excluding ortho intramolecular Hbond substituents is 1. The summed E-state index contributed by atoms with van der Waals surface area (Å²) < 4.78 is 29.4. The van der Waals surface area contributed by atoms with Gasteiger partial charge in [-0.25, -0.2) is 9.98 Å². The van der Waals surface area contributed by atoms with E-state index in [1.807, 2.05) is 49.4 Å². The topological polar surface area (TPSA) is 63.9 Å². The van der Waals surface area contributed by atoms with Crippen LogP contribution in [0.25, 0.3) is 10.9 Å². The lowest BCUT2D eigenvalue weighted by molar-refractivity contribution is 0.162. The number of phenols is 1. The van der Waals surface area contributed by atoms with Gasteiger partial charge in [0.2, 0.25) is 11.8 Å². The Morgan fingerprint density at radius 1 is 1.06 bits per heavy atom. The Balaban J connectivity index is 1.34. The minimum Gasteiger partial charge on any atom is -0.506 e. The zero-order chi connectivity index (χ0) is 22.8. The van der Waals surface area contributed by atoms with E-state index in [4.69, 9.17) is 17.2 Å². The van der Waals surface area contributed by atoms with E-state index in [1.165, 1.54) is 0 Å². The monoisotopic (exact) mass is 410 g/mol. The van der Waals surface area contributed by atoms with Crippen LogP contribution in [0.5, 0.6) is 17.4 Å². The lowest BCUT2D eigenvalue weighted by atomic mass is 9.94. The van der Waals surface area contributed by atoms with Crippen molar-refractivity contribution in [3.63, 3.8) is 0 Å². The van der Waals surface area contributed by atoms with Gasteiger partial charge in [0.1, 0.15) is 28.7 Å². The predicted molar refractivity (Wildman–Crippen MR) is 119 cm³/mol. The number of benzene rings is 3. The standard InChI is InChI=1S/C26H20N2O3/c1-26-20-10-3-2-6-17(20)15-22(26)31-25(28-26)18-8-4-9-19(14-18)30-23-13-12-16-7-5-11-21(29)24(16)27-23/h2-14,22,29H,15H2,1H3/t22-,26+/m1/s1/i15D2. The summed E-state index contributed by atoms with van der Waals surface area (Å²) >= 11 is 0. The van der Waals surface area contributed by atoms with Gasteiger partial charge in [0.15, 0.2) is 0 Å². The first-order chi connectivity index (χ1) is 15.9. The van der Waals surface area contributed by atoms with Gasteiger partial charge in [0.25, 0.3) is 0 Å². The molecule has 6 rings (SSSR count). The predicted octanol–water partition coefficient (Wildman–Crippen LogP) is 5.35. The van der Waals surface area contributed by atoms with E-state index >= 15 is 0 Å². The first-order valence-electron chi connectivity index (χ1n) is 11.1. The maximum atomic E-state index is 10.1. The molecule has 5 heteroatoms. The molecule has 1 aliphatic heterocycles. The molecule has 4 aromatic rings. The number of pyridine rings is 1. The number of ether oxygens (including phenoxy) is 2. The highest BCUT2D eigenvalue weighted by Crippen LogP contribution is 2.46. The largest absolute Gasteiger partial charge is 0.506 e. The number of rotatable bonds is 3. The fourth-order valence-corrected chi connectivity index (χ4v) is 4.20. The Kier molecular flexibility index (Phi) is 3.37. The quantitative estimate of drug-likeness (QED) is 0.495. The van der Waals surface area contributed by atoms with Gasteiger partial charge in [-0.2, -0.15) is 0 Å². The van der Waals surface area contributed by atoms with Crippen LogP contribution in [0.4, 0.5) is 0 Å². The normalized spacial score (nSPS) is 23.9. The Morgan fingerprint density at radius 3 is 2.87 bits per heavy atom. The van der Waals surface area contributed by atoms with Crippen LogP contribution in [0, 0.1) is 0 Å². The fraction of sp³-hybridized carbons (Fsp3) is 0.154. The Labute approximate surface area is 182 Å². The second kappa shape index (κ2) is 6.57. The van der Waals surface area contributed by atoms with Gasteiger partial charge in [0.05, 0.1) is 0 Å². The summed E-state index contributed by atoms with van der Waals surface area (Å²) in [6.45, 7) is 1.92. The highest BCUT2D eigenvalue weighted by Gasteiger charge is 2.49. The molecule has 0 bridgehead atoms. The van der Waals surface area contributed by atoms with Crippen LogP contribution in [0.1, 0.15) is 26.4 Å². The van der Waals surface area contributed by atoms with Crippen molar-refractivity contribution in [3.8, 4) is 17.4 Å². The first kappa shape index (κ1) is 15.9. The van der Waals surface area contributed by atoms with E-state index in [9.17, 15) is 5.11 Å². The molecule has 0 saturated heterocycles. The zero-order valence-corrected chi connectivity index (χ0v) is 16.7. The molecule has 1 aromatic heterocycles. The van der Waals surface area contributed by atoms with Gasteiger partial charge in [-0.15, -0.1) is 0 Å². The summed E-state index contributed by atoms with van der Waals surface area (Å²) in [5.74, 6) is 1.36. The average Bonchev–Trinajstić information content (AvgIpc) is 3.26. The van der Waals surface area contributed by atoms with Crippen LogP contribution in [-0.2, 0) is 16.6 Å². The minimum atomic E-state index is -1.65. The molecule has 0 saturated carbocycles. The van der Waals surface area contributed by atoms with Crippen molar-refractivity contribution in [2.75, 3.05) is 0 Å². The maximum Gasteiger partial charge on any atom is 0.219 e. The Hall–Kier alpha value is -3.86. The van der Waals surface area contributed by atoms with Gasteiger partial charge in [-0.05, 0) is 48.4 Å². The van der Waals surface area contributed by atoms with Crippen molar-refractivity contribution in [3.05, 3.63) is 95.6 Å². The molecule has 0 fully saturated rings. The summed E-state index contributed by atoms with van der Waals surface area (Å²) in [6.07, 6.45) is -2.39. The molecule has 0 radical (unpaired) electrons. The second-order valence-corrected chi connectivity index (χ2v) is 7.88. The van der Waals surface area contributed by atoms with Crippen molar-refractivity contribution in [2.24, 2.45) is 4.99 Å². The number of para-hydroxylation sites is 1. The summed E-state index contributed by atoms with van der Waals surface area (Å²) in [7, 11) is 0. The minimum absolute atomic E-state index is 0.0924. The molecule has 2 atom stereocenters. The summed E-state index contributed by atoms with van der Waals surface area (Å²) in [6, 6.07) is 23.6. The molecular weight excluding hydrogens is 388 g/mol. The van der Waals surface area contributed by atoms with E-state index < -0.39 is 18.0 Å². The third kappa shape index (κ3) is 2.85. The number of aliphatic imine (C=N–C) groups is 1. The lowest BCUT2D eigenvalue weighted by Crippen LogP contribution is -2.27. The number of hydrogen-bond donors (Lipinski definition) is 1. The molecule has 31 heavy (non-hydrogen) atoms. The molecule has 1 N–H and O–H groups in total. The maximum absolute atomic E-state index is 10.1. The van der Waals surface area contributed by atoms with Gasteiger partial charge >= 0.3 is 0 Å². The van der Waals surface area contributed by atoms with Crippen molar-refractivity contribution in [1.29, 1.82) is 0 Å². The van der Waals surface area contributed by atoms with Crippen molar-refractivity contribution < 1.29 is 17.3 Å². The third-order valence-electron chi connectivity index (χ3n) is 5.81. The van der Waals surface area contributed by atoms with Crippen molar-refractivity contribution in [2.45, 2.75) is 24.9 Å². The lowest BCUT2D eigenvalue weighted by Gasteiger charge is -2.20. The van der Waals surface area contributed by atoms with Crippen LogP contribution < -0.4 is 4.74 Å². The second-order valence-electron chi connectivity index (χ2n) is 7.88. The van der Waals surface area contributed by atoms with Crippen LogP contribution >= 0.6 is 0 Å². The fourth-order valence-electron chi connectivity index (χ4n) is 4.20. The molecular formula is C26H20N2O3. The summed E-state index contributed by atoms with van der Waals surface area (Å²) in [4.78, 5) is 9.26. The average molecular weight is 410 g/mol. The van der Waals surface area contributed by atoms with Crippen LogP contribution in [0.15, 0.2) is 83.9 Å².